The predicted octanol–water partition coefficient (Wildman–Crippen LogP) is 18.3. The summed E-state index contributed by atoms with van der Waals surface area (Å²) in [6, 6.07) is 55.6. The van der Waals surface area contributed by atoms with E-state index in [9.17, 15) is 17.6 Å². The Morgan fingerprint density at radius 3 is 1.92 bits per heavy atom. The zero-order valence-electron chi connectivity index (χ0n) is 42.1. The van der Waals surface area contributed by atoms with Crippen LogP contribution in [0, 0.1) is 17.9 Å². The van der Waals surface area contributed by atoms with Crippen molar-refractivity contribution in [2.24, 2.45) is 0 Å². The van der Waals surface area contributed by atoms with Crippen LogP contribution in [-0.2, 0) is 30.9 Å². The minimum absolute atomic E-state index is 0. The van der Waals surface area contributed by atoms with E-state index in [0.29, 0.717) is 35.4 Å². The Morgan fingerprint density at radius 2 is 1.32 bits per heavy atom. The van der Waals surface area contributed by atoms with E-state index in [1.165, 1.54) is 39.9 Å². The first kappa shape index (κ1) is 51.2. The van der Waals surface area contributed by atoms with Crippen molar-refractivity contribution in [2.45, 2.75) is 103 Å². The number of hydrogen-bond acceptors (Lipinski definition) is 3. The molecule has 0 bridgehead atoms. The standard InChI is InChI=1S/C49H42F3N2O.C15H15FN.Ir/c1-30(2)40-27-35(34-21-19-33(20-22-34)32-13-6-5-7-14-32)28-41(31(3)4)45(40)54-43-18-9-8-17-42(43)53-47(54)39-16-12-15-38-37-24-23-36(29-44(37)55-46(38)39)48(49(50,51)52)25-10-11-26-48;1-15(2,3)12-6-9-14(17-10-12)11-4-7-13(16)8-5-11;/h5-9,12-15,17-24,27-31H,10-11,25-26H2,1-4H3;4,6-10H,1-3H3;/q2*-1;. The minimum Gasteiger partial charge on any atom is -0.501 e. The maximum atomic E-state index is 14.6. The molecule has 1 aliphatic carbocycles. The molecule has 1 saturated carbocycles. The van der Waals surface area contributed by atoms with Gasteiger partial charge in [0.05, 0.1) is 27.9 Å². The van der Waals surface area contributed by atoms with Crippen molar-refractivity contribution in [2.75, 3.05) is 0 Å². The van der Waals surface area contributed by atoms with Crippen LogP contribution in [0.3, 0.4) is 0 Å². The topological polar surface area (TPSA) is 43.9 Å². The zero-order valence-corrected chi connectivity index (χ0v) is 44.5. The molecule has 0 atom stereocenters. The molecule has 10 aromatic rings. The van der Waals surface area contributed by atoms with Gasteiger partial charge in [-0.05, 0) is 111 Å². The quantitative estimate of drug-likeness (QED) is 0.112. The molecule has 373 valence electrons. The average molecular weight is 1150 g/mol. The Kier molecular flexibility index (Phi) is 14.3. The molecule has 0 spiro atoms. The molecule has 7 aromatic carbocycles. The van der Waals surface area contributed by atoms with E-state index in [0.717, 1.165) is 49.9 Å². The van der Waals surface area contributed by atoms with E-state index >= 15 is 0 Å². The molecule has 73 heavy (non-hydrogen) atoms. The number of rotatable bonds is 8. The van der Waals surface area contributed by atoms with Crippen LogP contribution in [-0.4, -0.2) is 20.7 Å². The van der Waals surface area contributed by atoms with Gasteiger partial charge in [-0.3, -0.25) is 9.37 Å². The summed E-state index contributed by atoms with van der Waals surface area (Å²) in [6.07, 6.45) is -1.15. The van der Waals surface area contributed by atoms with E-state index < -0.39 is 11.6 Å². The van der Waals surface area contributed by atoms with Crippen LogP contribution in [0.1, 0.15) is 108 Å². The van der Waals surface area contributed by atoms with Crippen molar-refractivity contribution in [1.29, 1.82) is 0 Å². The summed E-state index contributed by atoms with van der Waals surface area (Å²) in [7, 11) is 0. The summed E-state index contributed by atoms with van der Waals surface area (Å²) in [5.41, 5.74) is 12.9. The Hall–Kier alpha value is -6.67. The second-order valence-electron chi connectivity index (χ2n) is 20.8. The largest absolute Gasteiger partial charge is 0.501 e. The van der Waals surface area contributed by atoms with Crippen molar-refractivity contribution in [3.8, 4) is 50.6 Å². The molecule has 1 fully saturated rings. The number of furan rings is 1. The fourth-order valence-corrected chi connectivity index (χ4v) is 10.4. The van der Waals surface area contributed by atoms with E-state index in [1.54, 1.807) is 24.3 Å². The second-order valence-corrected chi connectivity index (χ2v) is 20.8. The number of nitrogens with zero attached hydrogens (tertiary/aromatic N) is 3. The van der Waals surface area contributed by atoms with Crippen LogP contribution >= 0.6 is 0 Å². The summed E-state index contributed by atoms with van der Waals surface area (Å²) in [5, 5.41) is 1.60. The number of imidazole rings is 1. The average Bonchev–Trinajstić information content (AvgIpc) is 4.13. The monoisotopic (exact) mass is 1150 g/mol. The third-order valence-corrected chi connectivity index (χ3v) is 14.4. The number of hydrogen-bond donors (Lipinski definition) is 0. The molecular weight excluding hydrogens is 1090 g/mol. The van der Waals surface area contributed by atoms with E-state index in [2.05, 4.69) is 143 Å². The van der Waals surface area contributed by atoms with Crippen LogP contribution in [0.2, 0.25) is 0 Å². The van der Waals surface area contributed by atoms with Crippen LogP contribution in [0.4, 0.5) is 17.6 Å². The zero-order chi connectivity index (χ0) is 50.5. The third kappa shape index (κ3) is 9.82. The Morgan fingerprint density at radius 1 is 0.671 bits per heavy atom. The number of halogens is 4. The fraction of sp³-hybridized carbons (Fsp3) is 0.250. The first-order valence-corrected chi connectivity index (χ1v) is 24.9. The van der Waals surface area contributed by atoms with Crippen molar-refractivity contribution in [3.05, 3.63) is 198 Å². The van der Waals surface area contributed by atoms with Gasteiger partial charge in [0.15, 0.2) is 0 Å². The summed E-state index contributed by atoms with van der Waals surface area (Å²) >= 11 is 0. The minimum atomic E-state index is -4.34. The predicted molar refractivity (Wildman–Crippen MR) is 285 cm³/mol. The molecule has 3 heterocycles. The van der Waals surface area contributed by atoms with E-state index in [-0.39, 0.29) is 61.6 Å². The summed E-state index contributed by atoms with van der Waals surface area (Å²) in [5.74, 6) is 0.745. The van der Waals surface area contributed by atoms with Gasteiger partial charge in [-0.2, -0.15) is 13.2 Å². The molecule has 1 aliphatic rings. The second kappa shape index (κ2) is 20.3. The number of para-hydroxylation sites is 2. The van der Waals surface area contributed by atoms with Crippen LogP contribution in [0.5, 0.6) is 0 Å². The molecule has 11 rings (SSSR count). The van der Waals surface area contributed by atoms with E-state index in [1.807, 2.05) is 48.7 Å². The molecule has 0 N–H and O–H groups in total. The van der Waals surface area contributed by atoms with Gasteiger partial charge in [0.2, 0.25) is 0 Å². The molecular formula is C64H57F4IrN3O-2. The maximum absolute atomic E-state index is 14.6. The number of fused-ring (bicyclic) bond motifs is 4. The van der Waals surface area contributed by atoms with Crippen molar-refractivity contribution in [1.82, 2.24) is 14.5 Å². The fourth-order valence-electron chi connectivity index (χ4n) is 10.4. The number of alkyl halides is 3. The van der Waals surface area contributed by atoms with Gasteiger partial charge in [-0.15, -0.1) is 48.0 Å². The van der Waals surface area contributed by atoms with Crippen molar-refractivity contribution >= 4 is 33.0 Å². The van der Waals surface area contributed by atoms with Gasteiger partial charge in [-0.25, -0.2) is 0 Å². The Balaban J connectivity index is 0.000000310. The number of aromatic nitrogens is 3. The molecule has 1 radical (unpaired) electrons. The van der Waals surface area contributed by atoms with Crippen LogP contribution in [0.25, 0.3) is 83.6 Å². The smallest absolute Gasteiger partial charge is 0.398 e. The van der Waals surface area contributed by atoms with Crippen molar-refractivity contribution < 1.29 is 42.1 Å². The molecule has 9 heteroatoms. The molecule has 0 unspecified atom stereocenters. The van der Waals surface area contributed by atoms with Crippen molar-refractivity contribution in [3.63, 3.8) is 0 Å². The SMILES string of the molecule is CC(C)(C)c1ccc(-c2[c-]cc(F)cc2)nc1.CC(C)c1cc(-c2ccc(-c3ccccc3)cc2)cc(C(C)C)c1-n1c(-c2[c-]ccc3c2oc2cc(C4(C(F)(F)F)CCCC4)ccc23)nc2ccccc21.[Ir]. The van der Waals surface area contributed by atoms with Gasteiger partial charge >= 0.3 is 6.18 Å². The van der Waals surface area contributed by atoms with Crippen LogP contribution in [0.15, 0.2) is 162 Å². The van der Waals surface area contributed by atoms with Gasteiger partial charge in [-0.1, -0.05) is 163 Å². The molecule has 0 saturated heterocycles. The normalized spacial score (nSPS) is 13.7. The molecule has 3 aromatic heterocycles. The molecule has 0 amide bonds. The Labute approximate surface area is 438 Å². The van der Waals surface area contributed by atoms with Gasteiger partial charge < -0.3 is 14.0 Å². The number of pyridine rings is 1. The summed E-state index contributed by atoms with van der Waals surface area (Å²) in [4.78, 5) is 9.64. The molecule has 0 aliphatic heterocycles. The van der Waals surface area contributed by atoms with Gasteiger partial charge in [0, 0.05) is 43.2 Å². The first-order valence-electron chi connectivity index (χ1n) is 24.9. The van der Waals surface area contributed by atoms with E-state index in [4.69, 9.17) is 9.40 Å². The third-order valence-electron chi connectivity index (χ3n) is 14.4. The summed E-state index contributed by atoms with van der Waals surface area (Å²) in [6.45, 7) is 15.4. The summed E-state index contributed by atoms with van der Waals surface area (Å²) < 4.78 is 65.5. The Bertz CT molecular complexity index is 3510. The van der Waals surface area contributed by atoms with Crippen LogP contribution < -0.4 is 0 Å². The maximum Gasteiger partial charge on any atom is 0.398 e. The van der Waals surface area contributed by atoms with Gasteiger partial charge in [0.1, 0.15) is 5.58 Å². The molecule has 4 nitrogen and oxygen atoms in total. The van der Waals surface area contributed by atoms with Gasteiger partial charge in [0.25, 0.3) is 0 Å². The number of benzene rings is 7. The first-order chi connectivity index (χ1) is 34.5.